The van der Waals surface area contributed by atoms with Gasteiger partial charge in [-0.05, 0) is 189 Å². The minimum atomic E-state index is 0.00900. The molecule has 334 valence electrons. The van der Waals surface area contributed by atoms with Crippen molar-refractivity contribution in [3.8, 4) is 22.3 Å². The van der Waals surface area contributed by atoms with E-state index in [-0.39, 0.29) is 13.4 Å². The maximum atomic E-state index is 2.51. The van der Waals surface area contributed by atoms with E-state index in [2.05, 4.69) is 243 Å². The van der Waals surface area contributed by atoms with Gasteiger partial charge in [-0.15, -0.1) is 0 Å². The predicted octanol–water partition coefficient (Wildman–Crippen LogP) is 14.8. The van der Waals surface area contributed by atoms with E-state index in [4.69, 9.17) is 0 Å². The fourth-order valence-electron chi connectivity index (χ4n) is 14.6. The van der Waals surface area contributed by atoms with Crippen molar-refractivity contribution in [2.45, 2.75) is 0 Å². The SMILES string of the molecule is c1ccc2cc3c4c(ccc3cc2c1)-c1ccc2cc3ccccc3cc2c1B4c1ccc2ccc3ccc(B4c5c(ccc6cc7ccccc7cc56)-c5ccc6cc7ccccc7cc6c54)c4ccc1c2c34. The summed E-state index contributed by atoms with van der Waals surface area (Å²) in [4.78, 5) is 0. The molecule has 2 heterocycles. The molecule has 2 aliphatic heterocycles. The topological polar surface area (TPSA) is 0 Å². The Morgan fingerprint density at radius 2 is 0.419 bits per heavy atom. The van der Waals surface area contributed by atoms with Crippen LogP contribution in [0.3, 0.4) is 0 Å². The highest BCUT2D eigenvalue weighted by Gasteiger charge is 2.40. The minimum absolute atomic E-state index is 0.00900. The molecule has 0 atom stereocenters. The molecule has 0 saturated heterocycles. The molecule has 16 aromatic carbocycles. The van der Waals surface area contributed by atoms with E-state index in [1.165, 1.54) is 174 Å². The van der Waals surface area contributed by atoms with Crippen molar-refractivity contribution in [2.75, 3.05) is 0 Å². The Morgan fingerprint density at radius 1 is 0.176 bits per heavy atom. The Balaban J connectivity index is 0.938. The fourth-order valence-corrected chi connectivity index (χ4v) is 14.6. The van der Waals surface area contributed by atoms with Crippen molar-refractivity contribution in [3.63, 3.8) is 0 Å². The van der Waals surface area contributed by atoms with Crippen LogP contribution in [0.1, 0.15) is 0 Å². The molecule has 0 aliphatic carbocycles. The van der Waals surface area contributed by atoms with E-state index in [1.54, 1.807) is 0 Å². The van der Waals surface area contributed by atoms with E-state index in [9.17, 15) is 0 Å². The largest absolute Gasteiger partial charge is 0.245 e. The third kappa shape index (κ3) is 5.19. The second-order valence-electron chi connectivity index (χ2n) is 21.4. The number of fused-ring (bicyclic) bond motifs is 18. The molecule has 0 nitrogen and oxygen atoms in total. The van der Waals surface area contributed by atoms with Crippen LogP contribution in [0.15, 0.2) is 243 Å². The maximum absolute atomic E-state index is 2.51. The van der Waals surface area contributed by atoms with E-state index < -0.39 is 0 Å². The first kappa shape index (κ1) is 39.4. The lowest BCUT2D eigenvalue weighted by Crippen LogP contribution is -2.50. The van der Waals surface area contributed by atoms with Gasteiger partial charge in [-0.2, -0.15) is 0 Å². The van der Waals surface area contributed by atoms with Crippen LogP contribution in [0.4, 0.5) is 0 Å². The summed E-state index contributed by atoms with van der Waals surface area (Å²) in [5.41, 5.74) is 13.8. The Hall–Kier alpha value is -9.23. The molecule has 0 aromatic heterocycles. The van der Waals surface area contributed by atoms with Crippen LogP contribution in [-0.2, 0) is 0 Å². The molecule has 0 saturated carbocycles. The molecule has 0 N–H and O–H groups in total. The van der Waals surface area contributed by atoms with Crippen LogP contribution in [0.2, 0.25) is 0 Å². The molecule has 74 heavy (non-hydrogen) atoms. The monoisotopic (exact) mass is 926 g/mol. The lowest BCUT2D eigenvalue weighted by Gasteiger charge is -2.22. The van der Waals surface area contributed by atoms with Gasteiger partial charge in [0.05, 0.1) is 0 Å². The second kappa shape index (κ2) is 14.3. The zero-order chi connectivity index (χ0) is 47.9. The first-order chi connectivity index (χ1) is 36.7. The van der Waals surface area contributed by atoms with Crippen LogP contribution in [-0.4, -0.2) is 13.4 Å². The minimum Gasteiger partial charge on any atom is -0.0657 e. The summed E-state index contributed by atoms with van der Waals surface area (Å²) in [5.74, 6) is 0. The van der Waals surface area contributed by atoms with Crippen LogP contribution >= 0.6 is 0 Å². The lowest BCUT2D eigenvalue weighted by atomic mass is 9.36. The molecule has 0 amide bonds. The van der Waals surface area contributed by atoms with Gasteiger partial charge in [0.15, 0.2) is 0 Å². The Bertz CT molecular complexity index is 4640. The molecule has 0 fully saturated rings. The van der Waals surface area contributed by atoms with E-state index in [1.807, 2.05) is 0 Å². The molecule has 0 radical (unpaired) electrons. The van der Waals surface area contributed by atoms with Crippen molar-refractivity contribution >= 4 is 165 Å². The third-order valence-corrected chi connectivity index (χ3v) is 17.8. The third-order valence-electron chi connectivity index (χ3n) is 17.8. The summed E-state index contributed by atoms with van der Waals surface area (Å²) in [5, 5.41) is 28.7. The van der Waals surface area contributed by atoms with Crippen LogP contribution in [0.25, 0.3) is 141 Å². The summed E-state index contributed by atoms with van der Waals surface area (Å²) >= 11 is 0. The quantitative estimate of drug-likeness (QED) is 0.0921. The molecule has 0 unspecified atom stereocenters. The van der Waals surface area contributed by atoms with Crippen molar-refractivity contribution in [1.82, 2.24) is 0 Å². The van der Waals surface area contributed by atoms with E-state index >= 15 is 0 Å². The average Bonchev–Trinajstić information content (AvgIpc) is 4.02. The van der Waals surface area contributed by atoms with Gasteiger partial charge in [-0.1, -0.05) is 227 Å². The normalized spacial score (nSPS) is 13.1. The summed E-state index contributed by atoms with van der Waals surface area (Å²) in [6.07, 6.45) is 0. The van der Waals surface area contributed by atoms with Gasteiger partial charge in [0.2, 0.25) is 13.4 Å². The summed E-state index contributed by atoms with van der Waals surface area (Å²) in [7, 11) is 0. The van der Waals surface area contributed by atoms with E-state index in [0.717, 1.165) is 0 Å². The Morgan fingerprint density at radius 3 is 0.703 bits per heavy atom. The van der Waals surface area contributed by atoms with Crippen molar-refractivity contribution in [3.05, 3.63) is 243 Å². The van der Waals surface area contributed by atoms with Crippen molar-refractivity contribution in [2.24, 2.45) is 0 Å². The number of hydrogen-bond acceptors (Lipinski definition) is 0. The van der Waals surface area contributed by atoms with Crippen molar-refractivity contribution in [1.29, 1.82) is 0 Å². The highest BCUT2D eigenvalue weighted by Crippen LogP contribution is 2.40. The van der Waals surface area contributed by atoms with Gasteiger partial charge in [-0.3, -0.25) is 0 Å². The van der Waals surface area contributed by atoms with Gasteiger partial charge in [-0.25, -0.2) is 0 Å². The molecule has 2 aliphatic rings. The highest BCUT2D eigenvalue weighted by atomic mass is 14.3. The van der Waals surface area contributed by atoms with Gasteiger partial charge in [0.25, 0.3) is 0 Å². The van der Waals surface area contributed by atoms with Gasteiger partial charge in [0.1, 0.15) is 0 Å². The molecule has 16 aromatic rings. The fraction of sp³-hybridized carbons (Fsp3) is 0. The summed E-state index contributed by atoms with van der Waals surface area (Å²) < 4.78 is 0. The predicted molar refractivity (Wildman–Crippen MR) is 323 cm³/mol. The number of benzene rings is 16. The zero-order valence-corrected chi connectivity index (χ0v) is 40.2. The molecule has 0 bridgehead atoms. The lowest BCUT2D eigenvalue weighted by molar-refractivity contribution is 1.75. The summed E-state index contributed by atoms with van der Waals surface area (Å²) in [6, 6.07) is 93.6. The molecular weight excluding hydrogens is 886 g/mol. The second-order valence-corrected chi connectivity index (χ2v) is 21.4. The molecule has 18 rings (SSSR count). The average molecular weight is 927 g/mol. The van der Waals surface area contributed by atoms with E-state index in [0.29, 0.717) is 0 Å². The smallest absolute Gasteiger partial charge is 0.0657 e. The van der Waals surface area contributed by atoms with Crippen LogP contribution in [0.5, 0.6) is 0 Å². The summed E-state index contributed by atoms with van der Waals surface area (Å²) in [6.45, 7) is 0.0180. The van der Waals surface area contributed by atoms with Gasteiger partial charge < -0.3 is 0 Å². The van der Waals surface area contributed by atoms with Gasteiger partial charge >= 0.3 is 0 Å². The highest BCUT2D eigenvalue weighted by molar-refractivity contribution is 7.04. The van der Waals surface area contributed by atoms with Crippen LogP contribution in [0, 0.1) is 0 Å². The Kier molecular flexibility index (Phi) is 7.59. The van der Waals surface area contributed by atoms with Crippen molar-refractivity contribution < 1.29 is 0 Å². The zero-order valence-electron chi connectivity index (χ0n) is 40.2. The first-order valence-electron chi connectivity index (χ1n) is 26.2. The first-order valence-corrected chi connectivity index (χ1v) is 26.2. The standard InChI is InChI=1S/C72H40B2/c1-5-13-47-37-61-51(33-43(47)9-1)19-25-55-56-26-20-52-34-44-10-2-6-14-48(44)38-62(52)70(56)73(69(55)61)65-31-23-41-17-18-42-24-32-66(60-30-29-59(65)67(41)68(42)60)74-71-57(27-21-53-35-45-11-3-7-15-49(45)39-63(53)71)58-28-22-54-36-46-12-4-8-16-50(46)40-64(54)72(58)74/h1-40H. The van der Waals surface area contributed by atoms with Crippen LogP contribution < -0.4 is 32.8 Å². The molecule has 0 spiro atoms. The van der Waals surface area contributed by atoms with Gasteiger partial charge in [0, 0.05) is 0 Å². The molecular formula is C72H40B2. The molecule has 2 heteroatoms. The maximum Gasteiger partial charge on any atom is 0.245 e. The number of hydrogen-bond donors (Lipinski definition) is 0. The Labute approximate surface area is 427 Å². The number of rotatable bonds is 2.